The minimum Gasteiger partial charge on any atom is -0.472 e. The van der Waals surface area contributed by atoms with Crippen LogP contribution < -0.4 is 0 Å². The maximum Gasteiger partial charge on any atom is 0.0943 e. The summed E-state index contributed by atoms with van der Waals surface area (Å²) in [7, 11) is 0. The van der Waals surface area contributed by atoms with Gasteiger partial charge in [0.15, 0.2) is 0 Å². The second kappa shape index (κ2) is 3.15. The van der Waals surface area contributed by atoms with E-state index in [2.05, 4.69) is 20.8 Å². The smallest absolute Gasteiger partial charge is 0.0943 e. The van der Waals surface area contributed by atoms with Crippen LogP contribution in [0.1, 0.15) is 57.6 Å². The first-order valence-electron chi connectivity index (χ1n) is 6.60. The van der Waals surface area contributed by atoms with Crippen molar-refractivity contribution >= 4 is 0 Å². The van der Waals surface area contributed by atoms with Crippen LogP contribution in [-0.2, 0) is 11.8 Å². The van der Waals surface area contributed by atoms with Crippen molar-refractivity contribution in [1.82, 2.24) is 0 Å². The van der Waals surface area contributed by atoms with Gasteiger partial charge in [-0.05, 0) is 53.6 Å². The number of aryl methyl sites for hydroxylation is 1. The highest BCUT2D eigenvalue weighted by atomic mass is 16.3. The average molecular weight is 218 g/mol. The first-order valence-corrected chi connectivity index (χ1v) is 6.60. The molecular weight excluding hydrogens is 196 g/mol. The molecule has 0 unspecified atom stereocenters. The maximum absolute atomic E-state index is 5.45. The second-order valence-electron chi connectivity index (χ2n) is 6.66. The predicted octanol–water partition coefficient (Wildman–Crippen LogP) is 4.31. The zero-order chi connectivity index (χ0) is 11.4. The van der Waals surface area contributed by atoms with Crippen molar-refractivity contribution in [2.75, 3.05) is 0 Å². The lowest BCUT2D eigenvalue weighted by molar-refractivity contribution is 0.0409. The van der Waals surface area contributed by atoms with Crippen LogP contribution in [0.5, 0.6) is 0 Å². The zero-order valence-electron chi connectivity index (χ0n) is 10.7. The van der Waals surface area contributed by atoms with Gasteiger partial charge >= 0.3 is 0 Å². The van der Waals surface area contributed by atoms with E-state index in [1.807, 2.05) is 12.5 Å². The fourth-order valence-corrected chi connectivity index (χ4v) is 4.47. The summed E-state index contributed by atoms with van der Waals surface area (Å²) in [6.07, 6.45) is 10.6. The first-order chi connectivity index (χ1) is 7.54. The number of hydrogen-bond donors (Lipinski definition) is 0. The summed E-state index contributed by atoms with van der Waals surface area (Å²) in [4.78, 5) is 0. The molecule has 0 radical (unpaired) electrons. The number of hydrogen-bond acceptors (Lipinski definition) is 1. The van der Waals surface area contributed by atoms with Gasteiger partial charge < -0.3 is 4.42 Å². The lowest BCUT2D eigenvalue weighted by Gasteiger charge is -2.53. The molecule has 0 spiro atoms. The molecule has 88 valence electrons. The van der Waals surface area contributed by atoms with Crippen molar-refractivity contribution in [3.05, 3.63) is 23.7 Å². The highest BCUT2D eigenvalue weighted by Gasteiger charge is 2.50. The maximum atomic E-state index is 5.45. The van der Waals surface area contributed by atoms with Crippen molar-refractivity contribution in [3.8, 4) is 0 Å². The van der Waals surface area contributed by atoms with Crippen LogP contribution in [0.3, 0.4) is 0 Å². The van der Waals surface area contributed by atoms with Gasteiger partial charge in [0.25, 0.3) is 0 Å². The summed E-state index contributed by atoms with van der Waals surface area (Å²) in [5.41, 5.74) is 3.86. The first kappa shape index (κ1) is 10.4. The molecule has 3 rings (SSSR count). The Kier molecular flexibility index (Phi) is 2.05. The highest BCUT2D eigenvalue weighted by Crippen LogP contribution is 2.57. The normalized spacial score (nSPS) is 36.6. The van der Waals surface area contributed by atoms with Crippen LogP contribution in [0.15, 0.2) is 16.9 Å². The Morgan fingerprint density at radius 3 is 2.81 bits per heavy atom. The number of rotatable bonds is 0. The molecular formula is C15H22O. The third-order valence-corrected chi connectivity index (χ3v) is 5.29. The van der Waals surface area contributed by atoms with E-state index in [1.165, 1.54) is 43.2 Å². The van der Waals surface area contributed by atoms with Crippen molar-refractivity contribution in [2.45, 2.75) is 58.3 Å². The van der Waals surface area contributed by atoms with Gasteiger partial charge in [-0.1, -0.05) is 27.2 Å². The lowest BCUT2D eigenvalue weighted by atomic mass is 9.51. The van der Waals surface area contributed by atoms with Crippen molar-refractivity contribution in [1.29, 1.82) is 0 Å². The quantitative estimate of drug-likeness (QED) is 0.632. The SMILES string of the molecule is CC1(C)CCC[C@@]2(C)c3cocc3CC[C@H]12. The highest BCUT2D eigenvalue weighted by molar-refractivity contribution is 5.35. The molecule has 1 fully saturated rings. The Morgan fingerprint density at radius 1 is 1.19 bits per heavy atom. The molecule has 0 saturated heterocycles. The zero-order valence-corrected chi connectivity index (χ0v) is 10.7. The Hall–Kier alpha value is -0.720. The van der Waals surface area contributed by atoms with E-state index in [9.17, 15) is 0 Å². The standard InChI is InChI=1S/C15H22O/c1-14(2)7-4-8-15(3)12-10-16-9-11(12)5-6-13(14)15/h9-10,13H,4-8H2,1-3H3/t13-,15+/m1/s1. The van der Waals surface area contributed by atoms with E-state index in [0.29, 0.717) is 10.8 Å². The monoisotopic (exact) mass is 218 g/mol. The van der Waals surface area contributed by atoms with Crippen LogP contribution in [0, 0.1) is 11.3 Å². The van der Waals surface area contributed by atoms with E-state index in [4.69, 9.17) is 4.42 Å². The predicted molar refractivity (Wildman–Crippen MR) is 65.5 cm³/mol. The molecule has 0 bridgehead atoms. The third-order valence-electron chi connectivity index (χ3n) is 5.29. The molecule has 1 heteroatoms. The summed E-state index contributed by atoms with van der Waals surface area (Å²) < 4.78 is 5.45. The molecule has 1 aromatic rings. The molecule has 2 aliphatic rings. The van der Waals surface area contributed by atoms with Gasteiger partial charge in [-0.25, -0.2) is 0 Å². The largest absolute Gasteiger partial charge is 0.472 e. The Bertz CT molecular complexity index is 401. The van der Waals surface area contributed by atoms with E-state index in [-0.39, 0.29) is 0 Å². The van der Waals surface area contributed by atoms with Crippen LogP contribution >= 0.6 is 0 Å². The summed E-state index contributed by atoms with van der Waals surface area (Å²) in [6, 6.07) is 0. The van der Waals surface area contributed by atoms with Crippen LogP contribution in [0.2, 0.25) is 0 Å². The Morgan fingerprint density at radius 2 is 2.00 bits per heavy atom. The fourth-order valence-electron chi connectivity index (χ4n) is 4.47. The molecule has 2 aliphatic carbocycles. The van der Waals surface area contributed by atoms with Crippen molar-refractivity contribution in [2.24, 2.45) is 11.3 Å². The van der Waals surface area contributed by atoms with E-state index in [1.54, 1.807) is 0 Å². The molecule has 0 aromatic carbocycles. The van der Waals surface area contributed by atoms with Crippen molar-refractivity contribution in [3.63, 3.8) is 0 Å². The summed E-state index contributed by atoms with van der Waals surface area (Å²) >= 11 is 0. The molecule has 0 aliphatic heterocycles. The van der Waals surface area contributed by atoms with Gasteiger partial charge in [-0.2, -0.15) is 0 Å². The van der Waals surface area contributed by atoms with Crippen LogP contribution in [0.25, 0.3) is 0 Å². The third kappa shape index (κ3) is 1.23. The van der Waals surface area contributed by atoms with Gasteiger partial charge in [0, 0.05) is 0 Å². The molecule has 1 aromatic heterocycles. The lowest BCUT2D eigenvalue weighted by Crippen LogP contribution is -2.47. The molecule has 1 heterocycles. The Balaban J connectivity index is 2.09. The molecule has 0 amide bonds. The molecule has 1 nitrogen and oxygen atoms in total. The van der Waals surface area contributed by atoms with Gasteiger partial charge in [0.1, 0.15) is 0 Å². The summed E-state index contributed by atoms with van der Waals surface area (Å²) in [5, 5.41) is 0. The Labute approximate surface area is 98.2 Å². The average Bonchev–Trinajstić information content (AvgIpc) is 2.65. The minimum absolute atomic E-state index is 0.377. The number of fused-ring (bicyclic) bond motifs is 3. The van der Waals surface area contributed by atoms with E-state index < -0.39 is 0 Å². The molecule has 2 atom stereocenters. The van der Waals surface area contributed by atoms with Gasteiger partial charge in [0.2, 0.25) is 0 Å². The van der Waals surface area contributed by atoms with E-state index in [0.717, 1.165) is 5.92 Å². The van der Waals surface area contributed by atoms with Gasteiger partial charge in [-0.15, -0.1) is 0 Å². The van der Waals surface area contributed by atoms with E-state index >= 15 is 0 Å². The number of furan rings is 1. The van der Waals surface area contributed by atoms with Crippen LogP contribution in [-0.4, -0.2) is 0 Å². The second-order valence-corrected chi connectivity index (χ2v) is 6.66. The fraction of sp³-hybridized carbons (Fsp3) is 0.733. The van der Waals surface area contributed by atoms with Crippen LogP contribution in [0.4, 0.5) is 0 Å². The summed E-state index contributed by atoms with van der Waals surface area (Å²) in [5.74, 6) is 0.832. The van der Waals surface area contributed by atoms with Gasteiger partial charge in [0.05, 0.1) is 12.5 Å². The molecule has 16 heavy (non-hydrogen) atoms. The van der Waals surface area contributed by atoms with Crippen molar-refractivity contribution < 1.29 is 4.42 Å². The molecule has 0 N–H and O–H groups in total. The topological polar surface area (TPSA) is 13.1 Å². The summed E-state index contributed by atoms with van der Waals surface area (Å²) in [6.45, 7) is 7.38. The van der Waals surface area contributed by atoms with Gasteiger partial charge in [-0.3, -0.25) is 0 Å². The molecule has 1 saturated carbocycles. The minimum atomic E-state index is 0.377.